The van der Waals surface area contributed by atoms with Gasteiger partial charge in [0.1, 0.15) is 35.8 Å². The van der Waals surface area contributed by atoms with E-state index in [4.69, 9.17) is 74.8 Å². The molecular weight excluding hydrogens is 730 g/mol. The van der Waals surface area contributed by atoms with Crippen molar-refractivity contribution in [2.45, 2.75) is 63.3 Å². The van der Waals surface area contributed by atoms with E-state index in [1.54, 1.807) is 46.9 Å². The minimum absolute atomic E-state index is 0.102. The maximum Gasteiger partial charge on any atom is 0.186 e. The van der Waals surface area contributed by atoms with Crippen LogP contribution in [-0.4, -0.2) is 74.4 Å². The van der Waals surface area contributed by atoms with E-state index < -0.39 is 37.0 Å². The van der Waals surface area contributed by atoms with Gasteiger partial charge >= 0.3 is 0 Å². The van der Waals surface area contributed by atoms with Gasteiger partial charge in [-0.15, -0.1) is 10.2 Å². The molecule has 6 atom stereocenters. The van der Waals surface area contributed by atoms with Crippen LogP contribution in [0.25, 0.3) is 0 Å². The first-order valence-electron chi connectivity index (χ1n) is 15.7. The van der Waals surface area contributed by atoms with Crippen LogP contribution in [0.5, 0.6) is 0 Å². The first kappa shape index (κ1) is 35.3. The Balaban J connectivity index is 1.08. The van der Waals surface area contributed by atoms with Gasteiger partial charge in [-0.2, -0.15) is 0 Å². The average molecular weight is 762 g/mol. The molecule has 2 fully saturated rings. The Hall–Kier alpha value is -3.14. The molecule has 0 saturated carbocycles. The summed E-state index contributed by atoms with van der Waals surface area (Å²) < 4.78 is 41.1. The van der Waals surface area contributed by atoms with Crippen LogP contribution in [0.4, 0.5) is 0 Å². The molecule has 50 heavy (non-hydrogen) atoms. The molecule has 0 bridgehead atoms. The summed E-state index contributed by atoms with van der Waals surface area (Å²) in [6.45, 7) is 1.39. The molecule has 0 amide bonds. The Labute approximate surface area is 308 Å². The summed E-state index contributed by atoms with van der Waals surface area (Å²) in [5.74, 6) is 0. The highest BCUT2D eigenvalue weighted by molar-refractivity contribution is 6.42. The third-order valence-corrected chi connectivity index (χ3v) is 9.74. The van der Waals surface area contributed by atoms with E-state index in [-0.39, 0.29) is 19.8 Å². The molecule has 2 saturated heterocycles. The Morgan fingerprint density at radius 3 is 1.86 bits per heavy atom. The molecule has 262 valence electrons. The number of halogens is 4. The van der Waals surface area contributed by atoms with Gasteiger partial charge in [-0.05, 0) is 35.4 Å². The molecule has 3 aromatic carbocycles. The third kappa shape index (κ3) is 8.32. The van der Waals surface area contributed by atoms with Gasteiger partial charge in [0.25, 0.3) is 0 Å². The quantitative estimate of drug-likeness (QED) is 0.139. The monoisotopic (exact) mass is 760 g/mol. The Kier molecular flexibility index (Phi) is 11.3. The van der Waals surface area contributed by atoms with E-state index in [9.17, 15) is 0 Å². The fourth-order valence-electron chi connectivity index (χ4n) is 5.86. The largest absolute Gasteiger partial charge is 0.366 e. The number of rotatable bonds is 12. The lowest BCUT2D eigenvalue weighted by atomic mass is 9.97. The van der Waals surface area contributed by atoms with Crippen molar-refractivity contribution in [1.29, 1.82) is 0 Å². The van der Waals surface area contributed by atoms with Gasteiger partial charge in [-0.25, -0.2) is 9.36 Å². The highest BCUT2D eigenvalue weighted by Crippen LogP contribution is 2.37. The molecule has 0 aliphatic carbocycles. The third-order valence-electron chi connectivity index (χ3n) is 8.26. The Morgan fingerprint density at radius 2 is 1.30 bits per heavy atom. The first-order chi connectivity index (χ1) is 24.3. The second kappa shape index (κ2) is 16.0. The van der Waals surface area contributed by atoms with Crippen LogP contribution < -0.4 is 0 Å². The standard InChI is InChI=1S/C34H32Cl4N6O6/c1-45-34-32(47-18-24-16-44(42-40-24)14-21-8-10-26(36)28(38)12-21)31(30-29(49-34)19-48-33(50-30)22-5-3-2-4-6-22)46-17-23-15-43(41-39-23)13-20-7-9-25(35)27(37)11-20/h2-12,15-16,29-34H,13-14,17-19H2,1H3. The summed E-state index contributed by atoms with van der Waals surface area (Å²) in [7, 11) is 1.55. The van der Waals surface area contributed by atoms with E-state index in [1.807, 2.05) is 48.7 Å². The van der Waals surface area contributed by atoms with Crippen molar-refractivity contribution in [1.82, 2.24) is 30.0 Å². The summed E-state index contributed by atoms with van der Waals surface area (Å²) in [6, 6.07) is 20.6. The van der Waals surface area contributed by atoms with Crippen LogP contribution in [0.3, 0.4) is 0 Å². The number of fused-ring (bicyclic) bond motifs is 1. The maximum atomic E-state index is 6.57. The number of ether oxygens (including phenoxy) is 6. The molecule has 0 radical (unpaired) electrons. The molecule has 5 aromatic rings. The maximum absolute atomic E-state index is 6.57. The topological polar surface area (TPSA) is 117 Å². The van der Waals surface area contributed by atoms with E-state index in [0.29, 0.717) is 44.6 Å². The zero-order valence-electron chi connectivity index (χ0n) is 26.6. The molecule has 2 aromatic heterocycles. The van der Waals surface area contributed by atoms with Crippen LogP contribution in [0.2, 0.25) is 20.1 Å². The number of nitrogens with zero attached hydrogens (tertiary/aromatic N) is 6. The van der Waals surface area contributed by atoms with Gasteiger partial charge in [0.2, 0.25) is 0 Å². The Morgan fingerprint density at radius 1 is 0.720 bits per heavy atom. The first-order valence-corrected chi connectivity index (χ1v) is 17.2. The second-order valence-electron chi connectivity index (χ2n) is 11.8. The molecule has 2 aliphatic heterocycles. The highest BCUT2D eigenvalue weighted by atomic mass is 35.5. The number of hydrogen-bond donors (Lipinski definition) is 0. The normalized spacial score (nSPS) is 23.5. The van der Waals surface area contributed by atoms with Gasteiger partial charge < -0.3 is 28.4 Å². The fraction of sp³-hybridized carbons (Fsp3) is 0.353. The number of methoxy groups -OCH3 is 1. The summed E-state index contributed by atoms with van der Waals surface area (Å²) in [6.07, 6.45) is -0.229. The fourth-order valence-corrected chi connectivity index (χ4v) is 6.50. The van der Waals surface area contributed by atoms with Crippen molar-refractivity contribution in [3.63, 3.8) is 0 Å². The van der Waals surface area contributed by atoms with Crippen LogP contribution >= 0.6 is 46.4 Å². The summed E-state index contributed by atoms with van der Waals surface area (Å²) in [5.41, 5.74) is 3.94. The number of aromatic nitrogens is 6. The minimum atomic E-state index is -0.793. The highest BCUT2D eigenvalue weighted by Gasteiger charge is 2.51. The Bertz CT molecular complexity index is 1900. The molecule has 4 heterocycles. The van der Waals surface area contributed by atoms with Gasteiger partial charge in [-0.3, -0.25) is 0 Å². The van der Waals surface area contributed by atoms with Crippen LogP contribution in [0, 0.1) is 0 Å². The SMILES string of the molecule is COC1OC2COC(c3ccccc3)OC2C(OCc2cn(Cc3ccc(Cl)c(Cl)c3)nn2)C1OCc1cn(Cc2ccc(Cl)c(Cl)c2)nn1. The van der Waals surface area contributed by atoms with Crippen LogP contribution in [0.1, 0.15) is 34.4 Å². The van der Waals surface area contributed by atoms with Crippen molar-refractivity contribution < 1.29 is 28.4 Å². The van der Waals surface area contributed by atoms with Crippen molar-refractivity contribution in [3.05, 3.63) is 127 Å². The lowest BCUT2D eigenvalue weighted by Gasteiger charge is -2.48. The van der Waals surface area contributed by atoms with Crippen LogP contribution in [-0.2, 0) is 54.7 Å². The van der Waals surface area contributed by atoms with Crippen LogP contribution in [0.15, 0.2) is 79.1 Å². The van der Waals surface area contributed by atoms with Gasteiger partial charge in [-0.1, -0.05) is 99.3 Å². The van der Waals surface area contributed by atoms with Crippen molar-refractivity contribution >= 4 is 46.4 Å². The van der Waals surface area contributed by atoms with E-state index >= 15 is 0 Å². The van der Waals surface area contributed by atoms with E-state index in [2.05, 4.69) is 20.6 Å². The molecule has 0 N–H and O–H groups in total. The van der Waals surface area contributed by atoms with Gasteiger partial charge in [0.05, 0.1) is 65.4 Å². The average Bonchev–Trinajstić information content (AvgIpc) is 3.78. The molecular formula is C34H32Cl4N6O6. The number of hydrogen-bond acceptors (Lipinski definition) is 10. The smallest absolute Gasteiger partial charge is 0.186 e. The molecule has 6 unspecified atom stereocenters. The molecule has 0 spiro atoms. The molecule has 7 rings (SSSR count). The van der Waals surface area contributed by atoms with Crippen molar-refractivity contribution in [3.8, 4) is 0 Å². The minimum Gasteiger partial charge on any atom is -0.366 e. The van der Waals surface area contributed by atoms with E-state index in [0.717, 1.165) is 16.7 Å². The number of benzene rings is 3. The lowest BCUT2D eigenvalue weighted by molar-refractivity contribution is -0.369. The van der Waals surface area contributed by atoms with Crippen molar-refractivity contribution in [2.75, 3.05) is 13.7 Å². The van der Waals surface area contributed by atoms with E-state index in [1.165, 1.54) is 0 Å². The molecule has 12 nitrogen and oxygen atoms in total. The summed E-state index contributed by atoms with van der Waals surface area (Å²) in [4.78, 5) is 0. The van der Waals surface area contributed by atoms with Gasteiger partial charge in [0.15, 0.2) is 12.6 Å². The molecule has 16 heteroatoms. The predicted molar refractivity (Wildman–Crippen MR) is 184 cm³/mol. The zero-order chi connectivity index (χ0) is 34.6. The summed E-state index contributed by atoms with van der Waals surface area (Å²) >= 11 is 24.6. The second-order valence-corrected chi connectivity index (χ2v) is 13.4. The summed E-state index contributed by atoms with van der Waals surface area (Å²) in [5, 5.41) is 19.1. The lowest BCUT2D eigenvalue weighted by Crippen LogP contribution is -2.63. The van der Waals surface area contributed by atoms with Crippen molar-refractivity contribution in [2.24, 2.45) is 0 Å². The zero-order valence-corrected chi connectivity index (χ0v) is 29.7. The predicted octanol–water partition coefficient (Wildman–Crippen LogP) is 6.54. The van der Waals surface area contributed by atoms with Gasteiger partial charge in [0, 0.05) is 12.7 Å². The molecule has 2 aliphatic rings.